The number of aliphatic hydroxyl groups excluding tert-OH is 1. The van der Waals surface area contributed by atoms with E-state index in [1.165, 1.54) is 6.42 Å². The van der Waals surface area contributed by atoms with Gasteiger partial charge in [0.15, 0.2) is 0 Å². The van der Waals surface area contributed by atoms with E-state index in [2.05, 4.69) is 24.1 Å². The van der Waals surface area contributed by atoms with Gasteiger partial charge in [0.25, 0.3) is 0 Å². The highest BCUT2D eigenvalue weighted by Crippen LogP contribution is 2.23. The lowest BCUT2D eigenvalue weighted by Crippen LogP contribution is -2.53. The number of carbonyl (C=O) groups is 1. The third-order valence-corrected chi connectivity index (χ3v) is 4.49. The van der Waals surface area contributed by atoms with E-state index in [9.17, 15) is 9.90 Å². The molecule has 4 nitrogen and oxygen atoms in total. The lowest BCUT2D eigenvalue weighted by atomic mass is 9.95. The van der Waals surface area contributed by atoms with Crippen LogP contribution in [0, 0.1) is 0 Å². The van der Waals surface area contributed by atoms with Crippen molar-refractivity contribution in [3.8, 4) is 0 Å². The Hall–Kier alpha value is -0.610. The van der Waals surface area contributed by atoms with Gasteiger partial charge in [0.05, 0.1) is 12.1 Å². The minimum absolute atomic E-state index is 0.0975. The Morgan fingerprint density at radius 2 is 1.95 bits per heavy atom. The second-order valence-corrected chi connectivity index (χ2v) is 6.17. The van der Waals surface area contributed by atoms with Crippen LogP contribution in [0.1, 0.15) is 66.2 Å². The molecule has 1 amide bonds. The Morgan fingerprint density at radius 1 is 1.30 bits per heavy atom. The number of likely N-dealkylation sites (tertiary alicyclic amines) is 1. The van der Waals surface area contributed by atoms with Crippen LogP contribution in [-0.4, -0.2) is 46.7 Å². The molecule has 0 bridgehead atoms. The van der Waals surface area contributed by atoms with Gasteiger partial charge in [0.1, 0.15) is 0 Å². The Morgan fingerprint density at radius 3 is 2.50 bits per heavy atom. The number of hydrogen-bond acceptors (Lipinski definition) is 3. The predicted octanol–water partition coefficient (Wildman–Crippen LogP) is 2.31. The van der Waals surface area contributed by atoms with Crippen LogP contribution in [0.2, 0.25) is 0 Å². The number of nitrogens with zero attached hydrogens (tertiary/aromatic N) is 1. The summed E-state index contributed by atoms with van der Waals surface area (Å²) in [5.41, 5.74) is 0. The average Bonchev–Trinajstić information content (AvgIpc) is 2.43. The van der Waals surface area contributed by atoms with Crippen molar-refractivity contribution >= 4 is 5.91 Å². The van der Waals surface area contributed by atoms with Gasteiger partial charge in [-0.2, -0.15) is 0 Å². The third-order valence-electron chi connectivity index (χ3n) is 4.49. The summed E-state index contributed by atoms with van der Waals surface area (Å²) < 4.78 is 0. The Balaban J connectivity index is 2.61. The van der Waals surface area contributed by atoms with Crippen molar-refractivity contribution < 1.29 is 9.90 Å². The number of nitrogens with one attached hydrogen (secondary N) is 1. The molecule has 1 rings (SSSR count). The number of piperidine rings is 1. The lowest BCUT2D eigenvalue weighted by Gasteiger charge is -2.40. The van der Waals surface area contributed by atoms with Crippen molar-refractivity contribution in [2.24, 2.45) is 0 Å². The fraction of sp³-hybridized carbons (Fsp3) is 0.938. The van der Waals surface area contributed by atoms with E-state index in [-0.39, 0.29) is 24.1 Å². The van der Waals surface area contributed by atoms with Crippen molar-refractivity contribution in [1.82, 2.24) is 10.2 Å². The molecule has 0 saturated carbocycles. The second kappa shape index (κ2) is 8.63. The molecular weight excluding hydrogens is 252 g/mol. The average molecular weight is 284 g/mol. The second-order valence-electron chi connectivity index (χ2n) is 6.17. The molecule has 20 heavy (non-hydrogen) atoms. The molecule has 0 radical (unpaired) electrons. The van der Waals surface area contributed by atoms with Crippen LogP contribution in [0.4, 0.5) is 0 Å². The van der Waals surface area contributed by atoms with E-state index >= 15 is 0 Å². The fourth-order valence-corrected chi connectivity index (χ4v) is 3.14. The molecule has 0 aliphatic carbocycles. The van der Waals surface area contributed by atoms with E-state index in [4.69, 9.17) is 0 Å². The molecule has 1 fully saturated rings. The van der Waals surface area contributed by atoms with E-state index in [1.807, 2.05) is 13.8 Å². The highest BCUT2D eigenvalue weighted by atomic mass is 16.3. The topological polar surface area (TPSA) is 52.6 Å². The highest BCUT2D eigenvalue weighted by molar-refractivity contribution is 5.81. The first-order valence-corrected chi connectivity index (χ1v) is 8.23. The predicted molar refractivity (Wildman–Crippen MR) is 82.6 cm³/mol. The number of amides is 1. The minimum Gasteiger partial charge on any atom is -0.393 e. The first kappa shape index (κ1) is 17.4. The smallest absolute Gasteiger partial charge is 0.237 e. The molecule has 1 heterocycles. The number of aliphatic hydroxyl groups is 1. The molecule has 0 aromatic rings. The number of rotatable bonds is 7. The number of carbonyl (C=O) groups excluding carboxylic acids is 1. The number of hydrogen-bond donors (Lipinski definition) is 2. The maximum atomic E-state index is 12.4. The summed E-state index contributed by atoms with van der Waals surface area (Å²) in [6, 6.07) is 0.524. The first-order chi connectivity index (χ1) is 9.49. The molecule has 3 unspecified atom stereocenters. The van der Waals surface area contributed by atoms with Crippen LogP contribution in [0.3, 0.4) is 0 Å². The van der Waals surface area contributed by atoms with Gasteiger partial charge in [-0.25, -0.2) is 0 Å². The molecule has 0 aromatic carbocycles. The normalized spacial score (nSPS) is 23.6. The van der Waals surface area contributed by atoms with E-state index in [0.29, 0.717) is 6.04 Å². The minimum atomic E-state index is -0.296. The summed E-state index contributed by atoms with van der Waals surface area (Å²) >= 11 is 0. The molecule has 2 N–H and O–H groups in total. The van der Waals surface area contributed by atoms with Crippen molar-refractivity contribution in [2.75, 3.05) is 6.54 Å². The summed E-state index contributed by atoms with van der Waals surface area (Å²) in [5.74, 6) is 0.135. The maximum absolute atomic E-state index is 12.4. The first-order valence-electron chi connectivity index (χ1n) is 8.23. The van der Waals surface area contributed by atoms with Crippen LogP contribution in [0.15, 0.2) is 0 Å². The zero-order chi connectivity index (χ0) is 15.1. The standard InChI is InChI=1S/C16H32N2O2/c1-5-14(6-2)17-16(20)13(4)18-10-8-7-9-15(18)11-12(3)19/h12-15,19H,5-11H2,1-4H3,(H,17,20). The van der Waals surface area contributed by atoms with E-state index in [1.54, 1.807) is 0 Å². The molecule has 0 aromatic heterocycles. The van der Waals surface area contributed by atoms with Crippen molar-refractivity contribution in [2.45, 2.75) is 90.4 Å². The lowest BCUT2D eigenvalue weighted by molar-refractivity contribution is -0.128. The Labute approximate surface area is 123 Å². The quantitative estimate of drug-likeness (QED) is 0.754. The largest absolute Gasteiger partial charge is 0.393 e. The van der Waals surface area contributed by atoms with Crippen molar-refractivity contribution in [3.63, 3.8) is 0 Å². The molecule has 4 heteroatoms. The van der Waals surface area contributed by atoms with E-state index < -0.39 is 0 Å². The maximum Gasteiger partial charge on any atom is 0.237 e. The van der Waals surface area contributed by atoms with Crippen LogP contribution in [-0.2, 0) is 4.79 Å². The zero-order valence-electron chi connectivity index (χ0n) is 13.6. The molecule has 1 saturated heterocycles. The van der Waals surface area contributed by atoms with Gasteiger partial charge in [0, 0.05) is 12.1 Å². The van der Waals surface area contributed by atoms with Crippen molar-refractivity contribution in [1.29, 1.82) is 0 Å². The van der Waals surface area contributed by atoms with Gasteiger partial charge in [-0.1, -0.05) is 20.3 Å². The Kier molecular flexibility index (Phi) is 7.52. The summed E-state index contributed by atoms with van der Waals surface area (Å²) in [4.78, 5) is 14.7. The summed E-state index contributed by atoms with van der Waals surface area (Å²) in [7, 11) is 0. The molecule has 3 atom stereocenters. The molecule has 1 aliphatic rings. The Bertz CT molecular complexity index is 290. The molecule has 0 spiro atoms. The summed E-state index contributed by atoms with van der Waals surface area (Å²) in [5, 5.41) is 12.8. The fourth-order valence-electron chi connectivity index (χ4n) is 3.14. The van der Waals surface area contributed by atoms with Crippen LogP contribution >= 0.6 is 0 Å². The van der Waals surface area contributed by atoms with Gasteiger partial charge in [-0.15, -0.1) is 0 Å². The van der Waals surface area contributed by atoms with Crippen molar-refractivity contribution in [3.05, 3.63) is 0 Å². The molecule has 118 valence electrons. The summed E-state index contributed by atoms with van der Waals surface area (Å²) in [6.45, 7) is 9.02. The van der Waals surface area contributed by atoms with Gasteiger partial charge in [-0.3, -0.25) is 9.69 Å². The highest BCUT2D eigenvalue weighted by Gasteiger charge is 2.31. The van der Waals surface area contributed by atoms with Gasteiger partial charge in [-0.05, 0) is 52.5 Å². The zero-order valence-corrected chi connectivity index (χ0v) is 13.6. The van der Waals surface area contributed by atoms with Crippen LogP contribution < -0.4 is 5.32 Å². The van der Waals surface area contributed by atoms with Gasteiger partial charge in [0.2, 0.25) is 5.91 Å². The summed E-state index contributed by atoms with van der Waals surface area (Å²) in [6.07, 6.45) is 5.87. The van der Waals surface area contributed by atoms with Crippen LogP contribution in [0.5, 0.6) is 0 Å². The monoisotopic (exact) mass is 284 g/mol. The molecular formula is C16H32N2O2. The third kappa shape index (κ3) is 5.06. The van der Waals surface area contributed by atoms with Gasteiger partial charge >= 0.3 is 0 Å². The van der Waals surface area contributed by atoms with E-state index in [0.717, 1.165) is 38.6 Å². The molecule has 1 aliphatic heterocycles. The SMILES string of the molecule is CCC(CC)NC(=O)C(C)N1CCCCC1CC(C)O. The van der Waals surface area contributed by atoms with Crippen LogP contribution in [0.25, 0.3) is 0 Å². The van der Waals surface area contributed by atoms with Gasteiger partial charge < -0.3 is 10.4 Å².